The maximum atomic E-state index is 10.9. The van der Waals surface area contributed by atoms with Crippen LogP contribution in [0.1, 0.15) is 27.2 Å². The monoisotopic (exact) mass is 230 g/mol. The summed E-state index contributed by atoms with van der Waals surface area (Å²) in [5.74, 6) is -1.16. The predicted molar refractivity (Wildman–Crippen MR) is 63.9 cm³/mol. The van der Waals surface area contributed by atoms with E-state index in [1.54, 1.807) is 0 Å². The number of carboxylic acids is 1. The Kier molecular flexibility index (Phi) is 5.23. The fraction of sp³-hybridized carbons (Fsp3) is 0.800. The lowest BCUT2D eigenvalue weighted by atomic mass is 9.74. The van der Waals surface area contributed by atoms with Gasteiger partial charge in [0.1, 0.15) is 6.04 Å². The van der Waals surface area contributed by atoms with Gasteiger partial charge in [-0.1, -0.05) is 20.8 Å². The Morgan fingerprint density at radius 2 is 1.88 bits per heavy atom. The summed E-state index contributed by atoms with van der Waals surface area (Å²) in [7, 11) is 0. The second-order valence-electron chi connectivity index (χ2n) is 4.93. The van der Waals surface area contributed by atoms with E-state index in [-0.39, 0.29) is 17.3 Å². The summed E-state index contributed by atoms with van der Waals surface area (Å²) in [5.41, 5.74) is 15.9. The minimum absolute atomic E-state index is 0.0107. The van der Waals surface area contributed by atoms with Crippen molar-refractivity contribution in [3.8, 4) is 0 Å². The average molecular weight is 230 g/mol. The highest BCUT2D eigenvalue weighted by molar-refractivity contribution is 5.75. The quantitative estimate of drug-likeness (QED) is 0.381. The number of nitrogens with two attached hydrogens (primary N) is 3. The van der Waals surface area contributed by atoms with E-state index in [1.165, 1.54) is 0 Å². The van der Waals surface area contributed by atoms with Crippen molar-refractivity contribution in [1.82, 2.24) is 0 Å². The first-order chi connectivity index (χ1) is 7.16. The largest absolute Gasteiger partial charge is 0.480 e. The van der Waals surface area contributed by atoms with Crippen LogP contribution in [0.2, 0.25) is 0 Å². The molecule has 6 nitrogen and oxygen atoms in total. The van der Waals surface area contributed by atoms with E-state index in [9.17, 15) is 4.79 Å². The van der Waals surface area contributed by atoms with Crippen molar-refractivity contribution in [3.05, 3.63) is 0 Å². The molecule has 0 aromatic rings. The Morgan fingerprint density at radius 1 is 1.38 bits per heavy atom. The summed E-state index contributed by atoms with van der Waals surface area (Å²) in [5, 5.41) is 8.91. The number of hydrogen-bond acceptors (Lipinski definition) is 3. The van der Waals surface area contributed by atoms with Crippen LogP contribution in [0.4, 0.5) is 0 Å². The van der Waals surface area contributed by atoms with Gasteiger partial charge in [0.15, 0.2) is 5.96 Å². The summed E-state index contributed by atoms with van der Waals surface area (Å²) in [6.07, 6.45) is 0.550. The van der Waals surface area contributed by atoms with Gasteiger partial charge in [-0.15, -0.1) is 0 Å². The standard InChI is InChI=1S/C10H22N4O2/c1-10(2,3)6(7(11)8(15)16)4-5-14-9(12)13/h6-7H,4-5,11H2,1-3H3,(H,15,16)(H4,12,13,14). The van der Waals surface area contributed by atoms with E-state index >= 15 is 0 Å². The molecule has 0 saturated heterocycles. The molecule has 0 rings (SSSR count). The highest BCUT2D eigenvalue weighted by Gasteiger charge is 2.33. The summed E-state index contributed by atoms with van der Waals surface area (Å²) in [6.45, 7) is 6.26. The number of rotatable bonds is 5. The Morgan fingerprint density at radius 3 is 2.19 bits per heavy atom. The molecule has 0 aliphatic rings. The first kappa shape index (κ1) is 14.7. The van der Waals surface area contributed by atoms with Gasteiger partial charge in [0.2, 0.25) is 0 Å². The van der Waals surface area contributed by atoms with Crippen LogP contribution in [-0.2, 0) is 4.79 Å². The molecule has 6 heteroatoms. The molecule has 0 spiro atoms. The fourth-order valence-electron chi connectivity index (χ4n) is 1.66. The van der Waals surface area contributed by atoms with Gasteiger partial charge in [-0.2, -0.15) is 0 Å². The zero-order valence-electron chi connectivity index (χ0n) is 10.1. The van der Waals surface area contributed by atoms with E-state index in [0.717, 1.165) is 0 Å². The lowest BCUT2D eigenvalue weighted by molar-refractivity contribution is -0.141. The average Bonchev–Trinajstić information content (AvgIpc) is 2.08. The van der Waals surface area contributed by atoms with Gasteiger partial charge in [0, 0.05) is 6.54 Å². The van der Waals surface area contributed by atoms with Crippen molar-refractivity contribution >= 4 is 11.9 Å². The molecule has 0 aliphatic carbocycles. The molecule has 16 heavy (non-hydrogen) atoms. The van der Waals surface area contributed by atoms with Crippen molar-refractivity contribution in [2.24, 2.45) is 33.5 Å². The van der Waals surface area contributed by atoms with E-state index in [4.69, 9.17) is 22.3 Å². The van der Waals surface area contributed by atoms with Crippen LogP contribution in [0.5, 0.6) is 0 Å². The Balaban J connectivity index is 4.58. The van der Waals surface area contributed by atoms with E-state index in [2.05, 4.69) is 4.99 Å². The summed E-state index contributed by atoms with van der Waals surface area (Å²) in [4.78, 5) is 14.7. The van der Waals surface area contributed by atoms with Crippen molar-refractivity contribution < 1.29 is 9.90 Å². The van der Waals surface area contributed by atoms with Crippen molar-refractivity contribution in [2.45, 2.75) is 33.2 Å². The topological polar surface area (TPSA) is 128 Å². The molecule has 0 amide bonds. The highest BCUT2D eigenvalue weighted by Crippen LogP contribution is 2.30. The van der Waals surface area contributed by atoms with Crippen molar-refractivity contribution in [2.75, 3.05) is 6.54 Å². The van der Waals surface area contributed by atoms with Crippen LogP contribution in [0.15, 0.2) is 4.99 Å². The van der Waals surface area contributed by atoms with Crippen molar-refractivity contribution in [3.63, 3.8) is 0 Å². The number of carboxylic acid groups (broad SMARTS) is 1. The second kappa shape index (κ2) is 5.69. The third-order valence-electron chi connectivity index (χ3n) is 2.57. The van der Waals surface area contributed by atoms with Crippen LogP contribution in [0, 0.1) is 11.3 Å². The van der Waals surface area contributed by atoms with Crippen molar-refractivity contribution in [1.29, 1.82) is 0 Å². The molecule has 0 aromatic carbocycles. The normalized spacial score (nSPS) is 15.2. The predicted octanol–water partition coefficient (Wildman–Crippen LogP) is -0.276. The van der Waals surface area contributed by atoms with Gasteiger partial charge in [-0.25, -0.2) is 0 Å². The van der Waals surface area contributed by atoms with Crippen LogP contribution in [-0.4, -0.2) is 29.6 Å². The van der Waals surface area contributed by atoms with Gasteiger partial charge in [-0.05, 0) is 17.8 Å². The van der Waals surface area contributed by atoms with Gasteiger partial charge < -0.3 is 22.3 Å². The molecule has 2 unspecified atom stereocenters. The van der Waals surface area contributed by atoms with E-state index in [0.29, 0.717) is 13.0 Å². The lowest BCUT2D eigenvalue weighted by Gasteiger charge is -2.33. The molecule has 0 fully saturated rings. The highest BCUT2D eigenvalue weighted by atomic mass is 16.4. The third-order valence-corrected chi connectivity index (χ3v) is 2.57. The minimum atomic E-state index is -0.996. The molecule has 0 bridgehead atoms. The van der Waals surface area contributed by atoms with Gasteiger partial charge in [0.25, 0.3) is 0 Å². The Labute approximate surface area is 95.9 Å². The molecule has 2 atom stereocenters. The molecule has 94 valence electrons. The lowest BCUT2D eigenvalue weighted by Crippen LogP contribution is -2.44. The minimum Gasteiger partial charge on any atom is -0.480 e. The molecule has 7 N–H and O–H groups in total. The van der Waals surface area contributed by atoms with Gasteiger partial charge in [0.05, 0.1) is 0 Å². The number of hydrogen-bond donors (Lipinski definition) is 4. The second-order valence-corrected chi connectivity index (χ2v) is 4.93. The van der Waals surface area contributed by atoms with Gasteiger partial charge >= 0.3 is 5.97 Å². The Bertz CT molecular complexity index is 266. The number of aliphatic carboxylic acids is 1. The summed E-state index contributed by atoms with van der Waals surface area (Å²) >= 11 is 0. The maximum Gasteiger partial charge on any atom is 0.320 e. The van der Waals surface area contributed by atoms with E-state index < -0.39 is 12.0 Å². The molecule has 0 radical (unpaired) electrons. The molecule has 0 saturated carbocycles. The SMILES string of the molecule is CC(C)(C)C(CCN=C(N)N)C(N)C(=O)O. The number of nitrogens with zero attached hydrogens (tertiary/aromatic N) is 1. The Hall–Kier alpha value is -1.30. The molecule has 0 heterocycles. The first-order valence-electron chi connectivity index (χ1n) is 5.20. The molecule has 0 aliphatic heterocycles. The zero-order chi connectivity index (χ0) is 12.9. The first-order valence-corrected chi connectivity index (χ1v) is 5.20. The van der Waals surface area contributed by atoms with Crippen LogP contribution >= 0.6 is 0 Å². The number of aliphatic imine (C=N–C) groups is 1. The van der Waals surface area contributed by atoms with Gasteiger partial charge in [-0.3, -0.25) is 9.79 Å². The van der Waals surface area contributed by atoms with E-state index in [1.807, 2.05) is 20.8 Å². The molecular weight excluding hydrogens is 208 g/mol. The van der Waals surface area contributed by atoms with Crippen LogP contribution in [0.25, 0.3) is 0 Å². The van der Waals surface area contributed by atoms with Crippen LogP contribution < -0.4 is 17.2 Å². The summed E-state index contributed by atoms with van der Waals surface area (Å²) in [6, 6.07) is -0.894. The van der Waals surface area contributed by atoms with Crippen LogP contribution in [0.3, 0.4) is 0 Å². The molecular formula is C10H22N4O2. The smallest absolute Gasteiger partial charge is 0.320 e. The summed E-state index contributed by atoms with van der Waals surface area (Å²) < 4.78 is 0. The maximum absolute atomic E-state index is 10.9. The zero-order valence-corrected chi connectivity index (χ0v) is 10.1. The third kappa shape index (κ3) is 4.97. The number of carbonyl (C=O) groups is 1. The number of guanidine groups is 1. The fourth-order valence-corrected chi connectivity index (χ4v) is 1.66. The molecule has 0 aromatic heterocycles.